The number of anilines is 1. The number of aromatic nitrogens is 3. The topological polar surface area (TPSA) is 54.2 Å². The maximum Gasteiger partial charge on any atom is 0.243 e. The Morgan fingerprint density at radius 1 is 1.50 bits per heavy atom. The Hall–Kier alpha value is -1.40. The second kappa shape index (κ2) is 5.07. The molecule has 1 aliphatic heterocycles. The molecule has 2 aromatic heterocycles. The first-order valence-electron chi connectivity index (χ1n) is 5.96. The van der Waals surface area contributed by atoms with Crippen LogP contribution in [0.2, 0.25) is 0 Å². The van der Waals surface area contributed by atoms with Gasteiger partial charge < -0.3 is 10.6 Å². The quantitative estimate of drug-likeness (QED) is 0.849. The molecule has 6 heteroatoms. The van der Waals surface area contributed by atoms with Gasteiger partial charge in [-0.3, -0.25) is 0 Å². The molecule has 0 spiro atoms. The second-order valence-electron chi connectivity index (χ2n) is 4.23. The normalized spacial score (nSPS) is 15.7. The number of nitrogens with one attached hydrogen (secondary N) is 2. The summed E-state index contributed by atoms with van der Waals surface area (Å²) in [6.07, 6.45) is 5.20. The van der Waals surface area contributed by atoms with Crippen molar-refractivity contribution in [3.05, 3.63) is 34.5 Å². The Balaban J connectivity index is 1.75. The first kappa shape index (κ1) is 11.7. The lowest BCUT2D eigenvalue weighted by molar-refractivity contribution is 0.697. The minimum Gasteiger partial charge on any atom is -0.349 e. The zero-order chi connectivity index (χ0) is 12.4. The lowest BCUT2D eigenvalue weighted by Gasteiger charge is -2.13. The average molecular weight is 308 g/mol. The average Bonchev–Trinajstić information content (AvgIpc) is 2.82. The third-order valence-corrected chi connectivity index (χ3v) is 3.57. The van der Waals surface area contributed by atoms with Crippen LogP contribution in [0.3, 0.4) is 0 Å². The van der Waals surface area contributed by atoms with Crippen LogP contribution in [0.5, 0.6) is 0 Å². The molecule has 2 aromatic rings. The molecule has 94 valence electrons. The third-order valence-electron chi connectivity index (χ3n) is 2.95. The van der Waals surface area contributed by atoms with Crippen LogP contribution in [0.1, 0.15) is 6.42 Å². The molecule has 0 amide bonds. The number of fused-ring (bicyclic) bond motifs is 1. The maximum absolute atomic E-state index is 4.45. The van der Waals surface area contributed by atoms with E-state index in [-0.39, 0.29) is 0 Å². The summed E-state index contributed by atoms with van der Waals surface area (Å²) in [5.74, 6) is 0.668. The van der Waals surface area contributed by atoms with E-state index in [9.17, 15) is 0 Å². The van der Waals surface area contributed by atoms with Crippen LogP contribution in [-0.2, 0) is 0 Å². The van der Waals surface area contributed by atoms with Crippen molar-refractivity contribution in [1.82, 2.24) is 19.9 Å². The molecular formula is C12H14BrN5. The highest BCUT2D eigenvalue weighted by Gasteiger charge is 2.07. The van der Waals surface area contributed by atoms with Gasteiger partial charge >= 0.3 is 0 Å². The van der Waals surface area contributed by atoms with Crippen LogP contribution >= 0.6 is 15.9 Å². The summed E-state index contributed by atoms with van der Waals surface area (Å²) in [6.45, 7) is 2.83. The van der Waals surface area contributed by atoms with Gasteiger partial charge in [-0.15, -0.1) is 5.10 Å². The molecule has 0 saturated carbocycles. The van der Waals surface area contributed by atoms with Gasteiger partial charge in [-0.1, -0.05) is 11.6 Å². The van der Waals surface area contributed by atoms with E-state index in [0.717, 1.165) is 36.2 Å². The van der Waals surface area contributed by atoms with Gasteiger partial charge in [0.15, 0.2) is 5.65 Å². The van der Waals surface area contributed by atoms with Crippen molar-refractivity contribution in [3.8, 4) is 0 Å². The van der Waals surface area contributed by atoms with Crippen LogP contribution in [0.15, 0.2) is 34.5 Å². The van der Waals surface area contributed by atoms with Crippen molar-refractivity contribution in [1.29, 1.82) is 0 Å². The van der Waals surface area contributed by atoms with Crippen molar-refractivity contribution in [3.63, 3.8) is 0 Å². The fraction of sp³-hybridized carbons (Fsp3) is 0.333. The number of pyridine rings is 1. The van der Waals surface area contributed by atoms with Crippen LogP contribution in [0.25, 0.3) is 5.65 Å². The first-order chi connectivity index (χ1) is 8.83. The second-order valence-corrected chi connectivity index (χ2v) is 5.08. The van der Waals surface area contributed by atoms with E-state index in [4.69, 9.17) is 0 Å². The van der Waals surface area contributed by atoms with Crippen LogP contribution in [-0.4, -0.2) is 34.2 Å². The summed E-state index contributed by atoms with van der Waals surface area (Å²) >= 11 is 3.47. The lowest BCUT2D eigenvalue weighted by atomic mass is 10.1. The fourth-order valence-electron chi connectivity index (χ4n) is 1.97. The Morgan fingerprint density at radius 2 is 2.44 bits per heavy atom. The Kier molecular flexibility index (Phi) is 3.29. The molecule has 0 radical (unpaired) electrons. The Morgan fingerprint density at radius 3 is 3.22 bits per heavy atom. The van der Waals surface area contributed by atoms with Crippen LogP contribution < -0.4 is 10.6 Å². The van der Waals surface area contributed by atoms with Crippen molar-refractivity contribution < 1.29 is 0 Å². The molecule has 2 N–H and O–H groups in total. The molecule has 0 saturated heterocycles. The highest BCUT2D eigenvalue weighted by Crippen LogP contribution is 2.17. The van der Waals surface area contributed by atoms with E-state index in [1.54, 1.807) is 4.52 Å². The molecule has 1 aliphatic rings. The zero-order valence-electron chi connectivity index (χ0n) is 9.86. The van der Waals surface area contributed by atoms with E-state index in [1.165, 1.54) is 5.57 Å². The minimum absolute atomic E-state index is 0.668. The van der Waals surface area contributed by atoms with Crippen molar-refractivity contribution in [2.75, 3.05) is 25.0 Å². The lowest BCUT2D eigenvalue weighted by Crippen LogP contribution is -2.23. The highest BCUT2D eigenvalue weighted by atomic mass is 79.9. The minimum atomic E-state index is 0.668. The molecule has 18 heavy (non-hydrogen) atoms. The number of nitrogens with zero attached hydrogens (tertiary/aromatic N) is 3. The SMILES string of the molecule is Brc1cccn2nc(NCC3=CCNCC3)nc12. The summed E-state index contributed by atoms with van der Waals surface area (Å²) in [7, 11) is 0. The van der Waals surface area contributed by atoms with Gasteiger partial charge in [0, 0.05) is 19.3 Å². The molecule has 0 fully saturated rings. The summed E-state index contributed by atoms with van der Waals surface area (Å²) in [5, 5.41) is 10.9. The van der Waals surface area contributed by atoms with Gasteiger partial charge in [0.05, 0.1) is 4.47 Å². The summed E-state index contributed by atoms with van der Waals surface area (Å²) in [5.41, 5.74) is 2.24. The zero-order valence-corrected chi connectivity index (χ0v) is 11.4. The van der Waals surface area contributed by atoms with E-state index in [1.807, 2.05) is 18.3 Å². The molecule has 3 heterocycles. The van der Waals surface area contributed by atoms with Crippen LogP contribution in [0, 0.1) is 0 Å². The third kappa shape index (κ3) is 2.39. The number of hydrogen-bond donors (Lipinski definition) is 2. The van der Waals surface area contributed by atoms with Gasteiger partial charge in [-0.05, 0) is 41.0 Å². The first-order valence-corrected chi connectivity index (χ1v) is 6.75. The molecule has 0 aliphatic carbocycles. The van der Waals surface area contributed by atoms with Crippen molar-refractivity contribution >= 4 is 27.5 Å². The molecular weight excluding hydrogens is 294 g/mol. The van der Waals surface area contributed by atoms with Gasteiger partial charge in [-0.25, -0.2) is 4.52 Å². The van der Waals surface area contributed by atoms with Gasteiger partial charge in [-0.2, -0.15) is 4.98 Å². The summed E-state index contributed by atoms with van der Waals surface area (Å²) in [4.78, 5) is 4.45. The predicted octanol–water partition coefficient (Wildman–Crippen LogP) is 1.82. The standard InChI is InChI=1S/C12H14BrN5/c13-10-2-1-7-18-11(10)16-12(17-18)15-8-9-3-5-14-6-4-9/h1-3,7,14H,4-6,8H2,(H,15,17). The van der Waals surface area contributed by atoms with E-state index in [0.29, 0.717) is 5.95 Å². The molecule has 0 bridgehead atoms. The van der Waals surface area contributed by atoms with E-state index in [2.05, 4.69) is 42.7 Å². The predicted molar refractivity (Wildman–Crippen MR) is 74.7 cm³/mol. The number of hydrogen-bond acceptors (Lipinski definition) is 4. The largest absolute Gasteiger partial charge is 0.349 e. The molecule has 5 nitrogen and oxygen atoms in total. The number of rotatable bonds is 3. The van der Waals surface area contributed by atoms with Crippen LogP contribution in [0.4, 0.5) is 5.95 Å². The molecule has 0 atom stereocenters. The number of halogens is 1. The van der Waals surface area contributed by atoms with Crippen molar-refractivity contribution in [2.45, 2.75) is 6.42 Å². The highest BCUT2D eigenvalue weighted by molar-refractivity contribution is 9.10. The monoisotopic (exact) mass is 307 g/mol. The van der Waals surface area contributed by atoms with Gasteiger partial charge in [0.25, 0.3) is 0 Å². The van der Waals surface area contributed by atoms with Gasteiger partial charge in [0.2, 0.25) is 5.95 Å². The maximum atomic E-state index is 4.45. The van der Waals surface area contributed by atoms with E-state index >= 15 is 0 Å². The fourth-order valence-corrected chi connectivity index (χ4v) is 2.39. The van der Waals surface area contributed by atoms with Gasteiger partial charge in [0.1, 0.15) is 0 Å². The summed E-state index contributed by atoms with van der Waals surface area (Å²) < 4.78 is 2.72. The smallest absolute Gasteiger partial charge is 0.243 e. The summed E-state index contributed by atoms with van der Waals surface area (Å²) in [6, 6.07) is 3.90. The van der Waals surface area contributed by atoms with Crippen molar-refractivity contribution in [2.24, 2.45) is 0 Å². The molecule has 0 aromatic carbocycles. The Bertz CT molecular complexity index is 589. The van der Waals surface area contributed by atoms with E-state index < -0.39 is 0 Å². The molecule has 3 rings (SSSR count). The molecule has 0 unspecified atom stereocenters. The Labute approximate surface area is 113 Å².